The van der Waals surface area contributed by atoms with Crippen molar-refractivity contribution in [3.63, 3.8) is 0 Å². The summed E-state index contributed by atoms with van der Waals surface area (Å²) in [4.78, 5) is 5.25. The number of hydrogen-bond donors (Lipinski definition) is 0. The van der Waals surface area contributed by atoms with E-state index in [1.165, 1.54) is 86.0 Å². The van der Waals surface area contributed by atoms with Gasteiger partial charge in [0.2, 0.25) is 0 Å². The van der Waals surface area contributed by atoms with Gasteiger partial charge in [0.15, 0.2) is 0 Å². The zero-order valence-corrected chi connectivity index (χ0v) is 26.6. The van der Waals surface area contributed by atoms with Crippen LogP contribution in [0.25, 0.3) is 76.2 Å². The van der Waals surface area contributed by atoms with Crippen LogP contribution in [0.5, 0.6) is 0 Å². The SMILES string of the molecule is c1ccc(-c2ccc(-c3ccc(-c4ccc(-c5ccc6c(c5)-c5cccc7cccc(c57)S6)s4)cc3)cc2-c2ccccc2)cc1. The third-order valence-electron chi connectivity index (χ3n) is 8.94. The molecule has 8 aromatic rings. The molecule has 0 atom stereocenters. The fourth-order valence-electron chi connectivity index (χ4n) is 6.64. The molecule has 1 aliphatic heterocycles. The number of benzene rings is 7. The van der Waals surface area contributed by atoms with E-state index in [1.807, 2.05) is 23.1 Å². The predicted molar refractivity (Wildman–Crippen MR) is 199 cm³/mol. The minimum absolute atomic E-state index is 1.22. The fraction of sp³-hybridized carbons (Fsp3) is 0. The van der Waals surface area contributed by atoms with Gasteiger partial charge in [-0.1, -0.05) is 145 Å². The Kier molecular flexibility index (Phi) is 6.70. The van der Waals surface area contributed by atoms with Gasteiger partial charge in [-0.3, -0.25) is 0 Å². The van der Waals surface area contributed by atoms with E-state index in [2.05, 4.69) is 170 Å². The third kappa shape index (κ3) is 4.79. The molecule has 0 nitrogen and oxygen atoms in total. The van der Waals surface area contributed by atoms with Crippen LogP contribution in [0.2, 0.25) is 0 Å². The number of thiophene rings is 1. The van der Waals surface area contributed by atoms with Gasteiger partial charge in [-0.25, -0.2) is 0 Å². The first kappa shape index (κ1) is 27.2. The summed E-state index contributed by atoms with van der Waals surface area (Å²) in [6.07, 6.45) is 0. The predicted octanol–water partition coefficient (Wildman–Crippen LogP) is 13.4. The molecule has 0 saturated heterocycles. The van der Waals surface area contributed by atoms with Gasteiger partial charge < -0.3 is 0 Å². The van der Waals surface area contributed by atoms with E-state index in [1.54, 1.807) is 0 Å². The van der Waals surface area contributed by atoms with E-state index in [0.29, 0.717) is 0 Å². The molecule has 0 aliphatic carbocycles. The maximum Gasteiger partial charge on any atom is 0.0349 e. The van der Waals surface area contributed by atoms with Crippen molar-refractivity contribution in [2.24, 2.45) is 0 Å². The molecule has 216 valence electrons. The van der Waals surface area contributed by atoms with Gasteiger partial charge in [0, 0.05) is 24.9 Å². The average Bonchev–Trinajstić information content (AvgIpc) is 3.63. The van der Waals surface area contributed by atoms with Gasteiger partial charge in [0.1, 0.15) is 0 Å². The van der Waals surface area contributed by atoms with Crippen molar-refractivity contribution in [2.75, 3.05) is 0 Å². The van der Waals surface area contributed by atoms with E-state index in [-0.39, 0.29) is 0 Å². The highest BCUT2D eigenvalue weighted by atomic mass is 32.2. The van der Waals surface area contributed by atoms with Crippen LogP contribution < -0.4 is 0 Å². The Bertz CT molecular complexity index is 2360. The Morgan fingerprint density at radius 2 is 0.913 bits per heavy atom. The molecular weight excluding hydrogens is 593 g/mol. The first-order chi connectivity index (χ1) is 22.8. The molecule has 0 fully saturated rings. The molecule has 0 amide bonds. The molecule has 0 saturated carbocycles. The second-order valence-electron chi connectivity index (χ2n) is 11.7. The summed E-state index contributed by atoms with van der Waals surface area (Å²) in [5, 5.41) is 2.68. The van der Waals surface area contributed by atoms with Crippen LogP contribution in [0.4, 0.5) is 0 Å². The molecule has 0 radical (unpaired) electrons. The number of hydrogen-bond acceptors (Lipinski definition) is 2. The minimum atomic E-state index is 1.22. The highest BCUT2D eigenvalue weighted by Gasteiger charge is 2.20. The van der Waals surface area contributed by atoms with Crippen molar-refractivity contribution in [3.05, 3.63) is 170 Å². The summed E-state index contributed by atoms with van der Waals surface area (Å²) in [6.45, 7) is 0. The van der Waals surface area contributed by atoms with Crippen LogP contribution >= 0.6 is 23.1 Å². The molecular formula is C44H28S2. The Labute approximate surface area is 277 Å². The smallest absolute Gasteiger partial charge is 0.0349 e. The number of fused-ring (bicyclic) bond motifs is 2. The largest absolute Gasteiger partial charge is 0.135 e. The van der Waals surface area contributed by atoms with Crippen molar-refractivity contribution < 1.29 is 0 Å². The lowest BCUT2D eigenvalue weighted by Crippen LogP contribution is -1.93. The Hall–Kier alpha value is -5.15. The van der Waals surface area contributed by atoms with Gasteiger partial charge in [-0.15, -0.1) is 11.3 Å². The quantitative estimate of drug-likeness (QED) is 0.184. The van der Waals surface area contributed by atoms with Gasteiger partial charge in [-0.2, -0.15) is 0 Å². The molecule has 0 bridgehead atoms. The summed E-state index contributed by atoms with van der Waals surface area (Å²) < 4.78 is 0. The van der Waals surface area contributed by atoms with Gasteiger partial charge in [0.25, 0.3) is 0 Å². The lowest BCUT2D eigenvalue weighted by molar-refractivity contribution is 1.40. The van der Waals surface area contributed by atoms with Crippen molar-refractivity contribution >= 4 is 33.9 Å². The molecule has 0 unspecified atom stereocenters. The van der Waals surface area contributed by atoms with Crippen LogP contribution in [0.3, 0.4) is 0 Å². The lowest BCUT2D eigenvalue weighted by atomic mass is 9.91. The zero-order valence-electron chi connectivity index (χ0n) is 25.0. The average molecular weight is 621 g/mol. The topological polar surface area (TPSA) is 0 Å². The Morgan fingerprint density at radius 1 is 0.304 bits per heavy atom. The summed E-state index contributed by atoms with van der Waals surface area (Å²) in [5.74, 6) is 0. The molecule has 1 aromatic heterocycles. The van der Waals surface area contributed by atoms with Crippen molar-refractivity contribution in [1.82, 2.24) is 0 Å². The van der Waals surface area contributed by atoms with Crippen LogP contribution in [-0.4, -0.2) is 0 Å². The molecule has 46 heavy (non-hydrogen) atoms. The van der Waals surface area contributed by atoms with E-state index < -0.39 is 0 Å². The maximum atomic E-state index is 2.38. The highest BCUT2D eigenvalue weighted by Crippen LogP contribution is 2.49. The molecule has 2 heteroatoms. The molecule has 0 N–H and O–H groups in total. The second kappa shape index (κ2) is 11.3. The van der Waals surface area contributed by atoms with Gasteiger partial charge in [0.05, 0.1) is 0 Å². The molecule has 1 aliphatic rings. The standard InChI is InChI=1S/C44H28S2/c1-3-9-30(10-4-1)36-23-21-34(27-38(36)31-11-5-2-6-12-31)29-17-19-32(20-18-29)40-25-26-41(45-40)35-22-24-42-39(28-35)37-15-7-13-33-14-8-16-43(46-42)44(33)37/h1-28H. The maximum absolute atomic E-state index is 2.38. The molecule has 9 rings (SSSR count). The minimum Gasteiger partial charge on any atom is -0.135 e. The van der Waals surface area contributed by atoms with E-state index in [9.17, 15) is 0 Å². The third-order valence-corrected chi connectivity index (χ3v) is 11.3. The fourth-order valence-corrected chi connectivity index (χ4v) is 8.78. The summed E-state index contributed by atoms with van der Waals surface area (Å²) in [5.41, 5.74) is 12.6. The zero-order chi connectivity index (χ0) is 30.5. The summed E-state index contributed by atoms with van der Waals surface area (Å²) in [6, 6.07) is 62.1. The monoisotopic (exact) mass is 620 g/mol. The summed E-state index contributed by atoms with van der Waals surface area (Å²) in [7, 11) is 0. The Balaban J connectivity index is 1.03. The van der Waals surface area contributed by atoms with Crippen LogP contribution in [-0.2, 0) is 0 Å². The second-order valence-corrected chi connectivity index (χ2v) is 13.9. The van der Waals surface area contributed by atoms with E-state index >= 15 is 0 Å². The molecule has 7 aromatic carbocycles. The van der Waals surface area contributed by atoms with Crippen LogP contribution in [0.1, 0.15) is 0 Å². The number of rotatable bonds is 5. The normalized spacial score (nSPS) is 11.8. The first-order valence-electron chi connectivity index (χ1n) is 15.6. The first-order valence-corrected chi connectivity index (χ1v) is 17.2. The van der Waals surface area contributed by atoms with E-state index in [4.69, 9.17) is 0 Å². The highest BCUT2D eigenvalue weighted by molar-refractivity contribution is 7.99. The molecule has 2 heterocycles. The van der Waals surface area contributed by atoms with Crippen molar-refractivity contribution in [3.8, 4) is 65.4 Å². The Morgan fingerprint density at radius 3 is 1.67 bits per heavy atom. The summed E-state index contributed by atoms with van der Waals surface area (Å²) >= 11 is 3.74. The van der Waals surface area contributed by atoms with Gasteiger partial charge in [-0.05, 0) is 97.4 Å². The van der Waals surface area contributed by atoms with Crippen LogP contribution in [0, 0.1) is 0 Å². The van der Waals surface area contributed by atoms with E-state index in [0.717, 1.165) is 0 Å². The van der Waals surface area contributed by atoms with Crippen molar-refractivity contribution in [1.29, 1.82) is 0 Å². The molecule has 0 spiro atoms. The van der Waals surface area contributed by atoms with Crippen molar-refractivity contribution in [2.45, 2.75) is 9.79 Å². The van der Waals surface area contributed by atoms with Crippen LogP contribution in [0.15, 0.2) is 180 Å². The van der Waals surface area contributed by atoms with Gasteiger partial charge >= 0.3 is 0 Å². The lowest BCUT2D eigenvalue weighted by Gasteiger charge is -2.20.